The van der Waals surface area contributed by atoms with E-state index in [0.717, 1.165) is 35.1 Å². The molecule has 2 amide bonds. The Morgan fingerprint density at radius 3 is 2.47 bits per heavy atom. The van der Waals surface area contributed by atoms with Crippen LogP contribution in [0.25, 0.3) is 17.2 Å². The number of aliphatic carboxylic acids is 1. The van der Waals surface area contributed by atoms with Gasteiger partial charge < -0.3 is 20.1 Å². The van der Waals surface area contributed by atoms with Gasteiger partial charge in [-0.2, -0.15) is 0 Å². The van der Waals surface area contributed by atoms with Crippen LogP contribution in [0, 0.1) is 0 Å². The molecule has 0 spiro atoms. The van der Waals surface area contributed by atoms with Crippen molar-refractivity contribution < 1.29 is 19.4 Å². The van der Waals surface area contributed by atoms with Crippen molar-refractivity contribution in [1.29, 1.82) is 0 Å². The number of hydrogen-bond acceptors (Lipinski definition) is 3. The minimum Gasteiger partial charge on any atom is -0.487 e. The highest BCUT2D eigenvalue weighted by atomic mass is 16.5. The van der Waals surface area contributed by atoms with Gasteiger partial charge >= 0.3 is 12.0 Å². The molecule has 30 heavy (non-hydrogen) atoms. The molecular formula is C24H30N2O4. The molecule has 0 fully saturated rings. The quantitative estimate of drug-likeness (QED) is 0.336. The summed E-state index contributed by atoms with van der Waals surface area (Å²) in [5, 5.41) is 12.1. The molecular weight excluding hydrogens is 380 g/mol. The Balaban J connectivity index is 2.09. The molecule has 0 heterocycles. The summed E-state index contributed by atoms with van der Waals surface area (Å²) in [5.74, 6) is -1.16. The van der Waals surface area contributed by atoms with Crippen LogP contribution < -0.4 is 5.32 Å². The maximum atomic E-state index is 12.2. The second-order valence-corrected chi connectivity index (χ2v) is 7.01. The lowest BCUT2D eigenvalue weighted by Gasteiger charge is -2.18. The molecule has 6 nitrogen and oxygen atoms in total. The Morgan fingerprint density at radius 2 is 1.83 bits per heavy atom. The third-order valence-corrected chi connectivity index (χ3v) is 4.55. The van der Waals surface area contributed by atoms with Crippen LogP contribution in [0.1, 0.15) is 37.8 Å². The highest BCUT2D eigenvalue weighted by Crippen LogP contribution is 2.22. The molecule has 2 rings (SSSR count). The van der Waals surface area contributed by atoms with Crippen molar-refractivity contribution in [2.24, 2.45) is 0 Å². The lowest BCUT2D eigenvalue weighted by molar-refractivity contribution is -0.136. The Labute approximate surface area is 178 Å². The number of nitrogens with zero attached hydrogens (tertiary/aromatic N) is 1. The maximum absolute atomic E-state index is 12.2. The largest absolute Gasteiger partial charge is 0.487 e. The Bertz CT molecular complexity index is 875. The number of ether oxygens (including phenoxy) is 1. The number of urea groups is 1. The average molecular weight is 411 g/mol. The van der Waals surface area contributed by atoms with E-state index < -0.39 is 5.97 Å². The SMILES string of the molecule is CCCCNC(=O)N(C)Cc1cccc(-c2ccc(/C=C(\OCC)C(=O)O)cc2)c1. The Kier molecular flexibility index (Phi) is 8.94. The van der Waals surface area contributed by atoms with Crippen LogP contribution in [0.5, 0.6) is 0 Å². The number of benzene rings is 2. The van der Waals surface area contributed by atoms with Gasteiger partial charge in [0.2, 0.25) is 5.76 Å². The van der Waals surface area contributed by atoms with E-state index in [9.17, 15) is 14.7 Å². The zero-order valence-electron chi connectivity index (χ0n) is 17.9. The first-order valence-corrected chi connectivity index (χ1v) is 10.2. The predicted octanol–water partition coefficient (Wildman–Crippen LogP) is 4.76. The van der Waals surface area contributed by atoms with Crippen LogP contribution in [0.15, 0.2) is 54.3 Å². The fourth-order valence-corrected chi connectivity index (χ4v) is 2.95. The summed E-state index contributed by atoms with van der Waals surface area (Å²) in [7, 11) is 1.79. The lowest BCUT2D eigenvalue weighted by atomic mass is 10.0. The molecule has 2 aromatic rings. The number of rotatable bonds is 10. The molecule has 0 radical (unpaired) electrons. The van der Waals surface area contributed by atoms with E-state index in [2.05, 4.69) is 18.3 Å². The average Bonchev–Trinajstić information content (AvgIpc) is 2.74. The molecule has 0 unspecified atom stereocenters. The molecule has 0 atom stereocenters. The van der Waals surface area contributed by atoms with Gasteiger partial charge in [-0.25, -0.2) is 9.59 Å². The molecule has 0 aliphatic rings. The first kappa shape index (κ1) is 23.0. The van der Waals surface area contributed by atoms with Gasteiger partial charge in [-0.3, -0.25) is 0 Å². The fourth-order valence-electron chi connectivity index (χ4n) is 2.95. The Hall–Kier alpha value is -3.28. The first-order valence-electron chi connectivity index (χ1n) is 10.2. The van der Waals surface area contributed by atoms with Crippen LogP contribution in [0.2, 0.25) is 0 Å². The third kappa shape index (κ3) is 6.95. The number of carboxylic acid groups (broad SMARTS) is 1. The number of amides is 2. The zero-order valence-corrected chi connectivity index (χ0v) is 17.9. The highest BCUT2D eigenvalue weighted by Gasteiger charge is 2.10. The summed E-state index contributed by atoms with van der Waals surface area (Å²) in [6.07, 6.45) is 3.53. The fraction of sp³-hybridized carbons (Fsp3) is 0.333. The van der Waals surface area contributed by atoms with Gasteiger partial charge in [-0.1, -0.05) is 55.8 Å². The van der Waals surface area contributed by atoms with Crippen molar-refractivity contribution in [2.75, 3.05) is 20.2 Å². The van der Waals surface area contributed by atoms with Crippen LogP contribution in [0.3, 0.4) is 0 Å². The maximum Gasteiger partial charge on any atom is 0.371 e. The molecule has 2 N–H and O–H groups in total. The molecule has 160 valence electrons. The van der Waals surface area contributed by atoms with Crippen molar-refractivity contribution in [1.82, 2.24) is 10.2 Å². The van der Waals surface area contributed by atoms with Crippen molar-refractivity contribution in [3.05, 3.63) is 65.4 Å². The van der Waals surface area contributed by atoms with Gasteiger partial charge in [0.15, 0.2) is 0 Å². The molecule has 0 saturated carbocycles. The van der Waals surface area contributed by atoms with Crippen molar-refractivity contribution in [2.45, 2.75) is 33.2 Å². The van der Waals surface area contributed by atoms with E-state index in [1.54, 1.807) is 18.9 Å². The third-order valence-electron chi connectivity index (χ3n) is 4.55. The molecule has 0 aromatic heterocycles. The second kappa shape index (κ2) is 11.7. The summed E-state index contributed by atoms with van der Waals surface area (Å²) >= 11 is 0. The molecule has 0 aliphatic carbocycles. The van der Waals surface area contributed by atoms with Crippen molar-refractivity contribution in [3.63, 3.8) is 0 Å². The van der Waals surface area contributed by atoms with E-state index >= 15 is 0 Å². The van der Waals surface area contributed by atoms with Crippen LogP contribution in [0.4, 0.5) is 4.79 Å². The number of nitrogens with one attached hydrogen (secondary N) is 1. The summed E-state index contributed by atoms with van der Waals surface area (Å²) in [4.78, 5) is 25.0. The smallest absolute Gasteiger partial charge is 0.371 e. The minimum absolute atomic E-state index is 0.0754. The number of carboxylic acids is 1. The zero-order chi connectivity index (χ0) is 21.9. The minimum atomic E-state index is -1.09. The topological polar surface area (TPSA) is 78.9 Å². The lowest BCUT2D eigenvalue weighted by Crippen LogP contribution is -2.37. The first-order chi connectivity index (χ1) is 14.4. The van der Waals surface area contributed by atoms with E-state index in [4.69, 9.17) is 4.74 Å². The van der Waals surface area contributed by atoms with Crippen molar-refractivity contribution in [3.8, 4) is 11.1 Å². The summed E-state index contributed by atoms with van der Waals surface area (Å²) in [6.45, 7) is 5.35. The van der Waals surface area contributed by atoms with E-state index in [1.165, 1.54) is 6.08 Å². The van der Waals surface area contributed by atoms with Gasteiger partial charge in [0.25, 0.3) is 0 Å². The van der Waals surface area contributed by atoms with Crippen LogP contribution >= 0.6 is 0 Å². The molecule has 0 aliphatic heterocycles. The standard InChI is InChI=1S/C24H30N2O4/c1-4-6-14-25-24(29)26(3)17-19-8-7-9-21(15-19)20-12-10-18(11-13-20)16-22(23(27)28)30-5-2/h7-13,15-16H,4-6,14,17H2,1-3H3,(H,25,29)(H,27,28)/b22-16-. The summed E-state index contributed by atoms with van der Waals surface area (Å²) in [6, 6.07) is 15.6. The van der Waals surface area contributed by atoms with Gasteiger partial charge in [-0.15, -0.1) is 0 Å². The van der Waals surface area contributed by atoms with Gasteiger partial charge in [-0.05, 0) is 47.7 Å². The second-order valence-electron chi connectivity index (χ2n) is 7.01. The monoisotopic (exact) mass is 410 g/mol. The summed E-state index contributed by atoms with van der Waals surface area (Å²) < 4.78 is 5.15. The van der Waals surface area contributed by atoms with E-state index in [0.29, 0.717) is 19.7 Å². The van der Waals surface area contributed by atoms with Crippen molar-refractivity contribution >= 4 is 18.1 Å². The van der Waals surface area contributed by atoms with Gasteiger partial charge in [0, 0.05) is 20.1 Å². The molecule has 0 saturated heterocycles. The van der Waals surface area contributed by atoms with Gasteiger partial charge in [0.05, 0.1) is 6.61 Å². The molecule has 0 bridgehead atoms. The van der Waals surface area contributed by atoms with Gasteiger partial charge in [0.1, 0.15) is 0 Å². The number of hydrogen-bond donors (Lipinski definition) is 2. The highest BCUT2D eigenvalue weighted by molar-refractivity contribution is 5.90. The Morgan fingerprint density at radius 1 is 1.10 bits per heavy atom. The van der Waals surface area contributed by atoms with Crippen LogP contribution in [-0.4, -0.2) is 42.2 Å². The number of unbranched alkanes of at least 4 members (excludes halogenated alkanes) is 1. The van der Waals surface area contributed by atoms with E-state index in [1.807, 2.05) is 42.5 Å². The van der Waals surface area contributed by atoms with Crippen LogP contribution in [-0.2, 0) is 16.1 Å². The summed E-state index contributed by atoms with van der Waals surface area (Å²) in [5.41, 5.74) is 3.83. The van der Waals surface area contributed by atoms with E-state index in [-0.39, 0.29) is 11.8 Å². The molecule has 6 heteroatoms. The predicted molar refractivity (Wildman–Crippen MR) is 119 cm³/mol. The number of carbonyl (C=O) groups excluding carboxylic acids is 1. The number of carbonyl (C=O) groups is 2. The normalized spacial score (nSPS) is 11.1. The molecule has 2 aromatic carbocycles.